The highest BCUT2D eigenvalue weighted by Crippen LogP contribution is 2.23. The van der Waals surface area contributed by atoms with Gasteiger partial charge in [-0.25, -0.2) is 4.68 Å². The van der Waals surface area contributed by atoms with Crippen molar-refractivity contribution in [3.05, 3.63) is 21.6 Å². The molecule has 0 bridgehead atoms. The van der Waals surface area contributed by atoms with Gasteiger partial charge >= 0.3 is 0 Å². The van der Waals surface area contributed by atoms with Crippen molar-refractivity contribution in [1.82, 2.24) is 9.78 Å². The molecule has 0 atom stereocenters. The number of anilines is 1. The van der Waals surface area contributed by atoms with E-state index >= 15 is 0 Å². The largest absolute Gasteiger partial charge is 0.383 e. The Balaban J connectivity index is 2.97. The molecule has 20 heavy (non-hydrogen) atoms. The number of nitrogens with two attached hydrogens (primary N) is 1. The van der Waals surface area contributed by atoms with Crippen LogP contribution < -0.4 is 16.2 Å². The Morgan fingerprint density at radius 3 is 2.75 bits per heavy atom. The summed E-state index contributed by atoms with van der Waals surface area (Å²) >= 11 is 6.16. The third-order valence-corrected chi connectivity index (χ3v) is 3.46. The third-order valence-electron chi connectivity index (χ3n) is 3.10. The second-order valence-corrected chi connectivity index (χ2v) is 5.97. The number of nitrogens with zero attached hydrogens (tertiary/aromatic N) is 3. The molecular weight excluding hydrogens is 280 g/mol. The van der Waals surface area contributed by atoms with Crippen LogP contribution in [-0.2, 0) is 11.3 Å². The number of hydrogen-bond acceptors (Lipinski definition) is 5. The van der Waals surface area contributed by atoms with Gasteiger partial charge in [-0.1, -0.05) is 25.4 Å². The number of aromatic nitrogens is 2. The van der Waals surface area contributed by atoms with Crippen LogP contribution in [0.3, 0.4) is 0 Å². The second-order valence-electron chi connectivity index (χ2n) is 5.59. The molecule has 0 fully saturated rings. The fraction of sp³-hybridized carbons (Fsp3) is 0.692. The lowest BCUT2D eigenvalue weighted by Crippen LogP contribution is -2.38. The minimum atomic E-state index is -0.307. The summed E-state index contributed by atoms with van der Waals surface area (Å²) in [5.41, 5.74) is 5.97. The fourth-order valence-electron chi connectivity index (χ4n) is 1.85. The predicted molar refractivity (Wildman–Crippen MR) is 81.5 cm³/mol. The zero-order valence-corrected chi connectivity index (χ0v) is 13.3. The van der Waals surface area contributed by atoms with Crippen molar-refractivity contribution in [3.8, 4) is 0 Å². The third kappa shape index (κ3) is 4.19. The zero-order valence-electron chi connectivity index (χ0n) is 12.5. The molecule has 1 aromatic heterocycles. The van der Waals surface area contributed by atoms with E-state index in [1.807, 2.05) is 11.9 Å². The maximum Gasteiger partial charge on any atom is 0.287 e. The molecule has 0 saturated carbocycles. The minimum absolute atomic E-state index is 0.0665. The molecule has 0 saturated heterocycles. The highest BCUT2D eigenvalue weighted by molar-refractivity contribution is 6.33. The second kappa shape index (κ2) is 7.06. The van der Waals surface area contributed by atoms with Crippen LogP contribution in [0.4, 0.5) is 5.69 Å². The lowest BCUT2D eigenvalue weighted by molar-refractivity contribution is 0.182. The highest BCUT2D eigenvalue weighted by atomic mass is 35.5. The van der Waals surface area contributed by atoms with Gasteiger partial charge in [0.15, 0.2) is 0 Å². The Morgan fingerprint density at radius 2 is 2.20 bits per heavy atom. The molecule has 1 rings (SSSR count). The van der Waals surface area contributed by atoms with Crippen molar-refractivity contribution in [3.63, 3.8) is 0 Å². The van der Waals surface area contributed by atoms with Crippen LogP contribution in [0.5, 0.6) is 0 Å². The molecular formula is C13H23ClN4O2. The first kappa shape index (κ1) is 16.9. The van der Waals surface area contributed by atoms with Gasteiger partial charge in [-0.3, -0.25) is 4.79 Å². The summed E-state index contributed by atoms with van der Waals surface area (Å²) in [6, 6.07) is 0. The van der Waals surface area contributed by atoms with E-state index in [2.05, 4.69) is 18.9 Å². The SMILES string of the molecule is COCCn1ncc(N(C)CC(C)(C)CN)c(Cl)c1=O. The van der Waals surface area contributed by atoms with E-state index in [1.54, 1.807) is 13.3 Å². The molecule has 7 heteroatoms. The smallest absolute Gasteiger partial charge is 0.287 e. The van der Waals surface area contributed by atoms with Gasteiger partial charge in [-0.2, -0.15) is 5.10 Å². The van der Waals surface area contributed by atoms with Gasteiger partial charge in [-0.05, 0) is 12.0 Å². The average Bonchev–Trinajstić information content (AvgIpc) is 2.40. The topological polar surface area (TPSA) is 73.4 Å². The van der Waals surface area contributed by atoms with Gasteiger partial charge < -0.3 is 15.4 Å². The molecule has 0 aromatic carbocycles. The lowest BCUT2D eigenvalue weighted by Gasteiger charge is -2.30. The lowest BCUT2D eigenvalue weighted by atomic mass is 9.93. The van der Waals surface area contributed by atoms with Crippen LogP contribution in [0, 0.1) is 5.41 Å². The highest BCUT2D eigenvalue weighted by Gasteiger charge is 2.21. The van der Waals surface area contributed by atoms with E-state index in [0.29, 0.717) is 31.9 Å². The standard InChI is InChI=1S/C13H23ClN4O2/c1-13(2,8-15)9-17(3)10-7-16-18(5-6-20-4)12(19)11(10)14/h7H,5-6,8-9,15H2,1-4H3. The van der Waals surface area contributed by atoms with E-state index in [4.69, 9.17) is 22.1 Å². The average molecular weight is 303 g/mol. The maximum absolute atomic E-state index is 12.1. The Labute approximate surface area is 124 Å². The molecule has 6 nitrogen and oxygen atoms in total. The summed E-state index contributed by atoms with van der Waals surface area (Å²) in [7, 11) is 3.45. The van der Waals surface area contributed by atoms with Crippen LogP contribution in [0.1, 0.15) is 13.8 Å². The van der Waals surface area contributed by atoms with E-state index < -0.39 is 0 Å². The Hall–Kier alpha value is -1.11. The van der Waals surface area contributed by atoms with Crippen LogP contribution in [0.2, 0.25) is 5.02 Å². The van der Waals surface area contributed by atoms with Crippen molar-refractivity contribution < 1.29 is 4.74 Å². The monoisotopic (exact) mass is 302 g/mol. The van der Waals surface area contributed by atoms with E-state index in [1.165, 1.54) is 4.68 Å². The summed E-state index contributed by atoms with van der Waals surface area (Å²) < 4.78 is 6.23. The molecule has 0 aliphatic carbocycles. The van der Waals surface area contributed by atoms with Gasteiger partial charge in [0, 0.05) is 20.7 Å². The molecule has 0 radical (unpaired) electrons. The molecule has 0 unspecified atom stereocenters. The number of halogens is 1. The van der Waals surface area contributed by atoms with Gasteiger partial charge in [0.1, 0.15) is 5.02 Å². The van der Waals surface area contributed by atoms with Crippen molar-refractivity contribution in [2.24, 2.45) is 11.1 Å². The van der Waals surface area contributed by atoms with E-state index in [0.717, 1.165) is 0 Å². The Kier molecular flexibility index (Phi) is 5.98. The molecule has 1 aromatic rings. The zero-order chi connectivity index (χ0) is 15.3. The quantitative estimate of drug-likeness (QED) is 0.812. The van der Waals surface area contributed by atoms with Gasteiger partial charge in [0.2, 0.25) is 0 Å². The first-order valence-electron chi connectivity index (χ1n) is 6.48. The molecule has 1 heterocycles. The summed E-state index contributed by atoms with van der Waals surface area (Å²) in [6.07, 6.45) is 1.60. The summed E-state index contributed by atoms with van der Waals surface area (Å²) in [6.45, 7) is 6.15. The Bertz CT molecular complexity index is 502. The maximum atomic E-state index is 12.1. The van der Waals surface area contributed by atoms with E-state index in [9.17, 15) is 4.79 Å². The molecule has 0 aliphatic heterocycles. The number of hydrogen-bond donors (Lipinski definition) is 1. The van der Waals surface area contributed by atoms with Crippen LogP contribution >= 0.6 is 11.6 Å². The molecule has 2 N–H and O–H groups in total. The first-order valence-corrected chi connectivity index (χ1v) is 6.86. The van der Waals surface area contributed by atoms with Crippen molar-refractivity contribution in [1.29, 1.82) is 0 Å². The van der Waals surface area contributed by atoms with Crippen molar-refractivity contribution in [2.75, 3.05) is 38.8 Å². The summed E-state index contributed by atoms with van der Waals surface area (Å²) in [4.78, 5) is 14.0. The van der Waals surface area contributed by atoms with Gasteiger partial charge in [0.25, 0.3) is 5.56 Å². The van der Waals surface area contributed by atoms with Gasteiger partial charge in [-0.15, -0.1) is 0 Å². The van der Waals surface area contributed by atoms with E-state index in [-0.39, 0.29) is 16.0 Å². The Morgan fingerprint density at radius 1 is 1.55 bits per heavy atom. The summed E-state index contributed by atoms with van der Waals surface area (Å²) in [5.74, 6) is 0. The predicted octanol–water partition coefficient (Wildman–Crippen LogP) is 0.964. The van der Waals surface area contributed by atoms with Crippen LogP contribution in [0.15, 0.2) is 11.0 Å². The normalized spacial score (nSPS) is 11.7. The molecule has 0 spiro atoms. The van der Waals surface area contributed by atoms with Crippen molar-refractivity contribution in [2.45, 2.75) is 20.4 Å². The molecule has 114 valence electrons. The van der Waals surface area contributed by atoms with Gasteiger partial charge in [0.05, 0.1) is 25.0 Å². The minimum Gasteiger partial charge on any atom is -0.383 e. The molecule has 0 amide bonds. The summed E-state index contributed by atoms with van der Waals surface area (Å²) in [5, 5.41) is 4.29. The van der Waals surface area contributed by atoms with Crippen LogP contribution in [-0.4, -0.2) is 43.6 Å². The van der Waals surface area contributed by atoms with Crippen LogP contribution in [0.25, 0.3) is 0 Å². The number of ether oxygens (including phenoxy) is 1. The number of methoxy groups -OCH3 is 1. The fourth-order valence-corrected chi connectivity index (χ4v) is 2.14. The van der Waals surface area contributed by atoms with Crippen molar-refractivity contribution >= 4 is 17.3 Å². The molecule has 0 aliphatic rings. The number of rotatable bonds is 7. The first-order chi connectivity index (χ1) is 9.32.